The van der Waals surface area contributed by atoms with Crippen molar-refractivity contribution in [3.8, 4) is 33.5 Å². The molecule has 0 saturated heterocycles. The van der Waals surface area contributed by atoms with Crippen molar-refractivity contribution >= 4 is 0 Å². The summed E-state index contributed by atoms with van der Waals surface area (Å²) in [6, 6.07) is 24.4. The Kier molecular flexibility index (Phi) is 5.30. The van der Waals surface area contributed by atoms with Crippen molar-refractivity contribution in [3.05, 3.63) is 101 Å². The largest absolute Gasteiger partial charge is 0.213 e. The maximum Gasteiger partial charge on any atom is 0.213 e. The second kappa shape index (κ2) is 7.91. The summed E-state index contributed by atoms with van der Waals surface area (Å²) in [4.78, 5) is 0. The first kappa shape index (κ1) is 20.1. The second-order valence-corrected chi connectivity index (χ2v) is 8.48. The summed E-state index contributed by atoms with van der Waals surface area (Å²) in [5.41, 5.74) is 14.3. The van der Waals surface area contributed by atoms with Crippen molar-refractivity contribution in [1.29, 1.82) is 0 Å². The molecule has 0 aliphatic carbocycles. The molecule has 1 heteroatoms. The van der Waals surface area contributed by atoms with Gasteiger partial charge in [-0.05, 0) is 90.8 Å². The first-order valence-electron chi connectivity index (χ1n) is 10.6. The quantitative estimate of drug-likeness (QED) is 0.329. The summed E-state index contributed by atoms with van der Waals surface area (Å²) in [7, 11) is 2.14. The van der Waals surface area contributed by atoms with E-state index in [1.54, 1.807) is 0 Å². The fourth-order valence-electron chi connectivity index (χ4n) is 4.56. The Hall–Kier alpha value is -3.19. The van der Waals surface area contributed by atoms with E-state index >= 15 is 0 Å². The summed E-state index contributed by atoms with van der Waals surface area (Å²) in [6.07, 6.45) is 2.18. The Morgan fingerprint density at radius 3 is 1.87 bits per heavy atom. The van der Waals surface area contributed by atoms with E-state index in [4.69, 9.17) is 0 Å². The van der Waals surface area contributed by atoms with Gasteiger partial charge >= 0.3 is 0 Å². The maximum atomic E-state index is 2.37. The molecule has 150 valence electrons. The van der Waals surface area contributed by atoms with Crippen molar-refractivity contribution in [2.24, 2.45) is 7.05 Å². The van der Waals surface area contributed by atoms with Crippen LogP contribution in [0, 0.1) is 34.6 Å². The fraction of sp³-hybridized carbons (Fsp3) is 0.207. The molecular formula is C29H30N+. The molecule has 0 spiro atoms. The van der Waals surface area contributed by atoms with E-state index < -0.39 is 0 Å². The van der Waals surface area contributed by atoms with Crippen LogP contribution < -0.4 is 4.57 Å². The molecule has 0 unspecified atom stereocenters. The van der Waals surface area contributed by atoms with Gasteiger partial charge in [0.25, 0.3) is 0 Å². The Labute approximate surface area is 180 Å². The van der Waals surface area contributed by atoms with Gasteiger partial charge < -0.3 is 0 Å². The third-order valence-corrected chi connectivity index (χ3v) is 6.20. The Morgan fingerprint density at radius 2 is 1.17 bits per heavy atom. The molecule has 0 saturated carbocycles. The van der Waals surface area contributed by atoms with Gasteiger partial charge in [-0.15, -0.1) is 0 Å². The van der Waals surface area contributed by atoms with Crippen LogP contribution in [0.3, 0.4) is 0 Å². The lowest BCUT2D eigenvalue weighted by molar-refractivity contribution is -0.660. The molecule has 1 aromatic heterocycles. The molecule has 0 fully saturated rings. The number of aryl methyl sites for hydroxylation is 6. The molecule has 3 aromatic carbocycles. The van der Waals surface area contributed by atoms with Gasteiger partial charge in [0.15, 0.2) is 6.20 Å². The number of aromatic nitrogens is 1. The van der Waals surface area contributed by atoms with E-state index in [0.717, 1.165) is 0 Å². The minimum absolute atomic E-state index is 1.24. The lowest BCUT2D eigenvalue weighted by Gasteiger charge is -2.15. The average molecular weight is 393 g/mol. The van der Waals surface area contributed by atoms with Crippen LogP contribution >= 0.6 is 0 Å². The Bertz CT molecular complexity index is 1230. The molecule has 0 aliphatic rings. The smallest absolute Gasteiger partial charge is 0.201 e. The topological polar surface area (TPSA) is 3.88 Å². The third kappa shape index (κ3) is 3.57. The van der Waals surface area contributed by atoms with Crippen LogP contribution in [0.5, 0.6) is 0 Å². The van der Waals surface area contributed by atoms with Crippen molar-refractivity contribution in [2.75, 3.05) is 0 Å². The highest BCUT2D eigenvalue weighted by Gasteiger charge is 2.18. The van der Waals surface area contributed by atoms with Crippen LogP contribution in [0.4, 0.5) is 0 Å². The summed E-state index contributed by atoms with van der Waals surface area (Å²) < 4.78 is 2.23. The maximum absolute atomic E-state index is 2.37. The fourth-order valence-corrected chi connectivity index (χ4v) is 4.56. The normalized spacial score (nSPS) is 11.0. The SMILES string of the molecule is Cc1ccccc1-c1cc(-c2cc(-c3c(C)cccc3C)cc[n+]2C)c(C)cc1C. The van der Waals surface area contributed by atoms with E-state index in [0.29, 0.717) is 0 Å². The highest BCUT2D eigenvalue weighted by molar-refractivity contribution is 5.79. The van der Waals surface area contributed by atoms with Gasteiger partial charge in [0.05, 0.1) is 0 Å². The Balaban J connectivity index is 1.93. The van der Waals surface area contributed by atoms with Gasteiger partial charge in [0.2, 0.25) is 5.69 Å². The lowest BCUT2D eigenvalue weighted by Crippen LogP contribution is -2.30. The molecule has 0 atom stereocenters. The van der Waals surface area contributed by atoms with E-state index in [1.165, 1.54) is 61.3 Å². The summed E-state index contributed by atoms with van der Waals surface area (Å²) in [6.45, 7) is 11.0. The number of benzene rings is 3. The molecule has 1 heterocycles. The van der Waals surface area contributed by atoms with Crippen molar-refractivity contribution in [2.45, 2.75) is 34.6 Å². The van der Waals surface area contributed by atoms with Crippen molar-refractivity contribution in [3.63, 3.8) is 0 Å². The lowest BCUT2D eigenvalue weighted by atomic mass is 9.90. The molecule has 1 nitrogen and oxygen atoms in total. The zero-order valence-corrected chi connectivity index (χ0v) is 18.9. The number of pyridine rings is 1. The second-order valence-electron chi connectivity index (χ2n) is 8.48. The molecule has 4 rings (SSSR count). The van der Waals surface area contributed by atoms with Crippen LogP contribution in [0.25, 0.3) is 33.5 Å². The number of hydrogen-bond acceptors (Lipinski definition) is 0. The zero-order chi connectivity index (χ0) is 21.4. The summed E-state index contributed by atoms with van der Waals surface area (Å²) in [5.74, 6) is 0. The highest BCUT2D eigenvalue weighted by atomic mass is 14.9. The van der Waals surface area contributed by atoms with Gasteiger partial charge in [-0.1, -0.05) is 48.5 Å². The van der Waals surface area contributed by atoms with Crippen molar-refractivity contribution in [1.82, 2.24) is 0 Å². The first-order chi connectivity index (χ1) is 14.4. The van der Waals surface area contributed by atoms with Gasteiger partial charge in [0.1, 0.15) is 7.05 Å². The van der Waals surface area contributed by atoms with Gasteiger partial charge in [-0.2, -0.15) is 0 Å². The predicted molar refractivity (Wildman–Crippen MR) is 128 cm³/mol. The predicted octanol–water partition coefficient (Wildman–Crippen LogP) is 7.05. The summed E-state index contributed by atoms with van der Waals surface area (Å²) in [5, 5.41) is 0. The van der Waals surface area contributed by atoms with E-state index in [1.807, 2.05) is 0 Å². The van der Waals surface area contributed by atoms with Gasteiger partial charge in [-0.25, -0.2) is 4.57 Å². The van der Waals surface area contributed by atoms with Crippen LogP contribution in [0.15, 0.2) is 72.9 Å². The van der Waals surface area contributed by atoms with E-state index in [9.17, 15) is 0 Å². The molecular weight excluding hydrogens is 362 g/mol. The van der Waals surface area contributed by atoms with E-state index in [-0.39, 0.29) is 0 Å². The Morgan fingerprint density at radius 1 is 0.533 bits per heavy atom. The molecule has 0 amide bonds. The van der Waals surface area contributed by atoms with Crippen LogP contribution in [-0.4, -0.2) is 0 Å². The van der Waals surface area contributed by atoms with Crippen LogP contribution in [-0.2, 0) is 7.05 Å². The van der Waals surface area contributed by atoms with Gasteiger partial charge in [0, 0.05) is 17.7 Å². The molecule has 4 aromatic rings. The van der Waals surface area contributed by atoms with Crippen LogP contribution in [0.1, 0.15) is 27.8 Å². The first-order valence-corrected chi connectivity index (χ1v) is 10.6. The third-order valence-electron chi connectivity index (χ3n) is 6.20. The molecule has 0 bridgehead atoms. The monoisotopic (exact) mass is 392 g/mol. The molecule has 0 aliphatic heterocycles. The minimum Gasteiger partial charge on any atom is -0.201 e. The average Bonchev–Trinajstić information content (AvgIpc) is 2.70. The minimum atomic E-state index is 1.24. The molecule has 0 radical (unpaired) electrons. The van der Waals surface area contributed by atoms with Gasteiger partial charge in [-0.3, -0.25) is 0 Å². The standard InChI is InChI=1S/C29H30N/c1-19-10-7-8-13-25(19)26-18-27(23(5)16-22(26)4)28-17-24(14-15-30(28)6)29-20(2)11-9-12-21(29)3/h7-18H,1-6H3/q+1. The van der Waals surface area contributed by atoms with Crippen molar-refractivity contribution < 1.29 is 4.57 Å². The summed E-state index contributed by atoms with van der Waals surface area (Å²) >= 11 is 0. The number of rotatable bonds is 3. The molecule has 30 heavy (non-hydrogen) atoms. The zero-order valence-electron chi connectivity index (χ0n) is 18.9. The highest BCUT2D eigenvalue weighted by Crippen LogP contribution is 2.34. The number of nitrogens with zero attached hydrogens (tertiary/aromatic N) is 1. The van der Waals surface area contributed by atoms with E-state index in [2.05, 4.69) is 119 Å². The number of hydrogen-bond donors (Lipinski definition) is 0. The van der Waals surface area contributed by atoms with Crippen LogP contribution in [0.2, 0.25) is 0 Å². The molecule has 0 N–H and O–H groups in total.